The van der Waals surface area contributed by atoms with Crippen LogP contribution in [0.15, 0.2) is 48.8 Å². The number of thiocarbonyl (C=S) groups is 1. The number of sulfonamides is 1. The molecule has 2 aromatic rings. The minimum Gasteiger partial charge on any atom is -0.362 e. The molecule has 32 heavy (non-hydrogen) atoms. The van der Waals surface area contributed by atoms with Gasteiger partial charge in [-0.05, 0) is 54.9 Å². The second kappa shape index (κ2) is 14.1. The van der Waals surface area contributed by atoms with E-state index in [4.69, 9.17) is 17.1 Å². The summed E-state index contributed by atoms with van der Waals surface area (Å²) < 4.78 is 37.9. The molecule has 0 unspecified atom stereocenters. The summed E-state index contributed by atoms with van der Waals surface area (Å²) >= 11 is 5.26. The summed E-state index contributed by atoms with van der Waals surface area (Å²) in [6.07, 6.45) is 10.3. The van der Waals surface area contributed by atoms with Gasteiger partial charge in [0.25, 0.3) is 0 Å². The van der Waals surface area contributed by atoms with Crippen molar-refractivity contribution < 1.29 is 17.6 Å². The van der Waals surface area contributed by atoms with Crippen molar-refractivity contribution in [3.05, 3.63) is 60.2 Å². The van der Waals surface area contributed by atoms with Crippen molar-refractivity contribution in [1.82, 2.24) is 14.8 Å². The predicted octanol–water partition coefficient (Wildman–Crippen LogP) is 4.24. The molecule has 1 heterocycles. The van der Waals surface area contributed by atoms with Gasteiger partial charge in [-0.1, -0.05) is 42.3 Å². The largest absolute Gasteiger partial charge is 0.362 e. The third-order valence-corrected chi connectivity index (χ3v) is 5.92. The molecule has 176 valence electrons. The van der Waals surface area contributed by atoms with Gasteiger partial charge in [0.2, 0.25) is 10.0 Å². The van der Waals surface area contributed by atoms with E-state index in [0.29, 0.717) is 23.6 Å². The fourth-order valence-corrected chi connectivity index (χ4v) is 3.86. The van der Waals surface area contributed by atoms with Crippen molar-refractivity contribution in [2.24, 2.45) is 0 Å². The zero-order valence-corrected chi connectivity index (χ0v) is 19.9. The molecule has 7 nitrogen and oxygen atoms in total. The van der Waals surface area contributed by atoms with Gasteiger partial charge in [0, 0.05) is 31.2 Å². The molecule has 1 aromatic carbocycles. The van der Waals surface area contributed by atoms with Crippen LogP contribution in [0.25, 0.3) is 0 Å². The normalized spacial score (nSPS) is 11.5. The average molecular weight is 483 g/mol. The molecule has 10 heteroatoms. The number of unbranched alkanes of at least 4 members (excludes halogenated alkanes) is 5. The number of hydroxylamine groups is 1. The molecule has 0 bridgehead atoms. The Labute approximate surface area is 195 Å². The van der Waals surface area contributed by atoms with Crippen molar-refractivity contribution in [3.8, 4) is 0 Å². The van der Waals surface area contributed by atoms with Crippen molar-refractivity contribution >= 4 is 33.0 Å². The summed E-state index contributed by atoms with van der Waals surface area (Å²) in [7, 11) is -3.47. The van der Waals surface area contributed by atoms with Crippen LogP contribution in [0.2, 0.25) is 0 Å². The molecule has 0 atom stereocenters. The number of halogens is 1. The topological polar surface area (TPSA) is 83.6 Å². The molecule has 0 amide bonds. The van der Waals surface area contributed by atoms with Crippen LogP contribution < -0.4 is 10.6 Å². The van der Waals surface area contributed by atoms with Gasteiger partial charge in [0.05, 0.1) is 12.9 Å². The molecule has 2 N–H and O–H groups in total. The van der Waals surface area contributed by atoms with Crippen LogP contribution in [-0.2, 0) is 21.5 Å². The molecule has 0 aliphatic heterocycles. The molecule has 0 aliphatic carbocycles. The van der Waals surface area contributed by atoms with Gasteiger partial charge >= 0.3 is 0 Å². The second-order valence-electron chi connectivity index (χ2n) is 7.43. The Morgan fingerprint density at radius 2 is 1.66 bits per heavy atom. The summed E-state index contributed by atoms with van der Waals surface area (Å²) in [4.78, 5) is 9.41. The van der Waals surface area contributed by atoms with Crippen molar-refractivity contribution in [3.63, 3.8) is 0 Å². The van der Waals surface area contributed by atoms with Gasteiger partial charge in [0.15, 0.2) is 5.11 Å². The summed E-state index contributed by atoms with van der Waals surface area (Å²) in [5, 5.41) is 6.88. The lowest BCUT2D eigenvalue weighted by molar-refractivity contribution is -0.0962. The molecule has 0 spiro atoms. The molecule has 0 fully saturated rings. The van der Waals surface area contributed by atoms with E-state index in [1.54, 1.807) is 24.5 Å². The highest BCUT2D eigenvalue weighted by atomic mass is 32.2. The van der Waals surface area contributed by atoms with Gasteiger partial charge in [-0.15, -0.1) is 0 Å². The van der Waals surface area contributed by atoms with E-state index in [1.807, 2.05) is 12.1 Å². The lowest BCUT2D eigenvalue weighted by Gasteiger charge is -2.19. The molecule has 0 saturated carbocycles. The Morgan fingerprint density at radius 3 is 2.31 bits per heavy atom. The third-order valence-electron chi connectivity index (χ3n) is 4.65. The average Bonchev–Trinajstić information content (AvgIpc) is 2.75. The Balaban J connectivity index is 1.53. The van der Waals surface area contributed by atoms with Gasteiger partial charge in [-0.2, -0.15) is 0 Å². The van der Waals surface area contributed by atoms with Crippen LogP contribution in [0.3, 0.4) is 0 Å². The number of hydrogen-bond acceptors (Lipinski definition) is 5. The maximum absolute atomic E-state index is 13.0. The fourth-order valence-electron chi connectivity index (χ4n) is 2.94. The van der Waals surface area contributed by atoms with Gasteiger partial charge < -0.3 is 10.6 Å². The summed E-state index contributed by atoms with van der Waals surface area (Å²) in [5.41, 5.74) is 1.62. The highest BCUT2D eigenvalue weighted by Gasteiger charge is 2.17. The Bertz CT molecular complexity index is 913. The lowest BCUT2D eigenvalue weighted by Crippen LogP contribution is -2.31. The zero-order chi connectivity index (χ0) is 23.2. The molecule has 0 saturated heterocycles. The summed E-state index contributed by atoms with van der Waals surface area (Å²) in [6, 6.07) is 9.51. The quantitative estimate of drug-likeness (QED) is 0.237. The molecule has 0 aliphatic rings. The fraction of sp³-hybridized carbons (Fsp3) is 0.455. The van der Waals surface area contributed by atoms with E-state index < -0.39 is 10.0 Å². The molecule has 1 aromatic heterocycles. The summed E-state index contributed by atoms with van der Waals surface area (Å²) in [5.74, 6) is -0.339. The first-order valence-corrected chi connectivity index (χ1v) is 12.9. The number of nitrogens with zero attached hydrogens (tertiary/aromatic N) is 2. The first kappa shape index (κ1) is 26.1. The van der Waals surface area contributed by atoms with Crippen molar-refractivity contribution in [1.29, 1.82) is 0 Å². The molecular weight excluding hydrogens is 451 g/mol. The first-order chi connectivity index (χ1) is 15.3. The number of benzene rings is 1. The Hall–Kier alpha value is -2.14. The lowest BCUT2D eigenvalue weighted by atomic mass is 10.1. The van der Waals surface area contributed by atoms with E-state index in [-0.39, 0.29) is 12.4 Å². The standard InChI is InChI=1S/C22H31FN4O3S2/c1-32(28,29)27(30-18-19-8-10-20(23)11-9-19)17-7-5-3-2-4-6-14-25-22(31)26-21-12-15-24-16-13-21/h8-13,15-16H,2-7,14,17-18H2,1H3,(H2,24,25,26,31). The molecule has 2 rings (SSSR count). The smallest absolute Gasteiger partial charge is 0.233 e. The van der Waals surface area contributed by atoms with Crippen LogP contribution in [0, 0.1) is 5.82 Å². The van der Waals surface area contributed by atoms with Crippen LogP contribution in [0.1, 0.15) is 44.1 Å². The highest BCUT2D eigenvalue weighted by molar-refractivity contribution is 7.88. The maximum Gasteiger partial charge on any atom is 0.233 e. The van der Waals surface area contributed by atoms with E-state index in [0.717, 1.165) is 55.1 Å². The van der Waals surface area contributed by atoms with Crippen LogP contribution in [-0.4, -0.2) is 42.3 Å². The minimum absolute atomic E-state index is 0.0816. The first-order valence-electron chi connectivity index (χ1n) is 10.6. The van der Waals surface area contributed by atoms with Crippen LogP contribution in [0.4, 0.5) is 10.1 Å². The maximum atomic E-state index is 13.0. The SMILES string of the molecule is CS(=O)(=O)N(CCCCCCCCNC(=S)Nc1ccncc1)OCc1ccc(F)cc1. The monoisotopic (exact) mass is 482 g/mol. The van der Waals surface area contributed by atoms with Crippen LogP contribution in [0.5, 0.6) is 0 Å². The highest BCUT2D eigenvalue weighted by Crippen LogP contribution is 2.11. The number of nitrogens with one attached hydrogen (secondary N) is 2. The number of aromatic nitrogens is 1. The number of hydrogen-bond donors (Lipinski definition) is 2. The Kier molecular flexibility index (Phi) is 11.5. The summed E-state index contributed by atoms with van der Waals surface area (Å²) in [6.45, 7) is 1.19. The third kappa shape index (κ3) is 10.9. The zero-order valence-electron chi connectivity index (χ0n) is 18.3. The van der Waals surface area contributed by atoms with Gasteiger partial charge in [-0.25, -0.2) is 12.8 Å². The number of anilines is 1. The van der Waals surface area contributed by atoms with Gasteiger partial charge in [0.1, 0.15) is 5.82 Å². The minimum atomic E-state index is -3.47. The van der Waals surface area contributed by atoms with E-state index in [1.165, 1.54) is 12.1 Å². The van der Waals surface area contributed by atoms with E-state index in [2.05, 4.69) is 15.6 Å². The number of pyridine rings is 1. The number of rotatable bonds is 14. The molecule has 0 radical (unpaired) electrons. The Morgan fingerprint density at radius 1 is 1.03 bits per heavy atom. The molecular formula is C22H31FN4O3S2. The van der Waals surface area contributed by atoms with E-state index in [9.17, 15) is 12.8 Å². The van der Waals surface area contributed by atoms with Crippen LogP contribution >= 0.6 is 12.2 Å². The predicted molar refractivity (Wildman–Crippen MR) is 129 cm³/mol. The van der Waals surface area contributed by atoms with Crippen molar-refractivity contribution in [2.45, 2.75) is 45.1 Å². The second-order valence-corrected chi connectivity index (χ2v) is 9.71. The van der Waals surface area contributed by atoms with E-state index >= 15 is 0 Å². The van der Waals surface area contributed by atoms with Crippen molar-refractivity contribution in [2.75, 3.05) is 24.7 Å². The van der Waals surface area contributed by atoms with Gasteiger partial charge in [-0.3, -0.25) is 9.82 Å².